The van der Waals surface area contributed by atoms with Crippen LogP contribution in [0.1, 0.15) is 25.7 Å². The van der Waals surface area contributed by atoms with Gasteiger partial charge in [0.1, 0.15) is 0 Å². The molecular formula is C13H17BrClNO2S. The molecule has 1 aliphatic carbocycles. The summed E-state index contributed by atoms with van der Waals surface area (Å²) >= 11 is 9.03. The SMILES string of the molecule is O=S(=O)(c1ccccc1Br)N(CCCCl)C1CCC1. The van der Waals surface area contributed by atoms with Crippen molar-refractivity contribution in [3.8, 4) is 0 Å². The van der Waals surface area contributed by atoms with Crippen molar-refractivity contribution in [3.63, 3.8) is 0 Å². The molecule has 0 amide bonds. The summed E-state index contributed by atoms with van der Waals surface area (Å²) in [5.74, 6) is 0.481. The van der Waals surface area contributed by atoms with Gasteiger partial charge >= 0.3 is 0 Å². The first-order valence-electron chi connectivity index (χ1n) is 6.39. The largest absolute Gasteiger partial charge is 0.244 e. The van der Waals surface area contributed by atoms with Gasteiger partial charge < -0.3 is 0 Å². The molecule has 0 radical (unpaired) electrons. The van der Waals surface area contributed by atoms with E-state index in [-0.39, 0.29) is 6.04 Å². The average Bonchev–Trinajstić information content (AvgIpc) is 2.32. The molecule has 0 saturated heterocycles. The van der Waals surface area contributed by atoms with Gasteiger partial charge in [0.15, 0.2) is 0 Å². The molecular weight excluding hydrogens is 350 g/mol. The lowest BCUT2D eigenvalue weighted by atomic mass is 9.93. The Hall–Kier alpha value is -0.100. The molecule has 19 heavy (non-hydrogen) atoms. The van der Waals surface area contributed by atoms with Gasteiger partial charge in [-0.1, -0.05) is 18.6 Å². The Morgan fingerprint density at radius 2 is 2.00 bits per heavy atom. The number of nitrogens with zero attached hydrogens (tertiary/aromatic N) is 1. The Labute approximate surface area is 128 Å². The standard InChI is InChI=1S/C13H17BrClNO2S/c14-12-7-1-2-8-13(12)19(17,18)16(10-4-9-15)11-5-3-6-11/h1-2,7-8,11H,3-6,9-10H2. The van der Waals surface area contributed by atoms with Crippen molar-refractivity contribution < 1.29 is 8.42 Å². The molecule has 6 heteroatoms. The van der Waals surface area contributed by atoms with Crippen LogP contribution in [0.2, 0.25) is 0 Å². The molecule has 0 unspecified atom stereocenters. The fraction of sp³-hybridized carbons (Fsp3) is 0.538. The van der Waals surface area contributed by atoms with Crippen LogP contribution >= 0.6 is 27.5 Å². The molecule has 0 atom stereocenters. The van der Waals surface area contributed by atoms with Crippen LogP contribution in [-0.2, 0) is 10.0 Å². The van der Waals surface area contributed by atoms with Crippen LogP contribution in [0.4, 0.5) is 0 Å². The van der Waals surface area contributed by atoms with Crippen molar-refractivity contribution in [2.45, 2.75) is 36.6 Å². The third-order valence-corrected chi connectivity index (χ3v) is 6.65. The predicted octanol–water partition coefficient (Wildman–Crippen LogP) is 3.62. The normalized spacial score (nSPS) is 16.6. The minimum absolute atomic E-state index is 0.139. The minimum atomic E-state index is -3.44. The van der Waals surface area contributed by atoms with E-state index in [1.807, 2.05) is 6.07 Å². The van der Waals surface area contributed by atoms with E-state index < -0.39 is 10.0 Å². The van der Waals surface area contributed by atoms with E-state index in [9.17, 15) is 8.42 Å². The fourth-order valence-corrected chi connectivity index (χ4v) is 4.98. The van der Waals surface area contributed by atoms with Crippen molar-refractivity contribution in [1.29, 1.82) is 0 Å². The minimum Gasteiger partial charge on any atom is -0.207 e. The van der Waals surface area contributed by atoms with Gasteiger partial charge in [-0.05, 0) is 47.3 Å². The van der Waals surface area contributed by atoms with Gasteiger partial charge in [0.2, 0.25) is 10.0 Å². The van der Waals surface area contributed by atoms with Crippen molar-refractivity contribution in [2.24, 2.45) is 0 Å². The number of hydrogen-bond acceptors (Lipinski definition) is 2. The number of hydrogen-bond donors (Lipinski definition) is 0. The molecule has 1 fully saturated rings. The van der Waals surface area contributed by atoms with E-state index in [1.54, 1.807) is 22.5 Å². The molecule has 2 rings (SSSR count). The first kappa shape index (κ1) is 15.3. The highest BCUT2D eigenvalue weighted by Gasteiger charge is 2.35. The van der Waals surface area contributed by atoms with Gasteiger partial charge in [0, 0.05) is 22.9 Å². The van der Waals surface area contributed by atoms with Crippen LogP contribution in [0.15, 0.2) is 33.6 Å². The lowest BCUT2D eigenvalue weighted by molar-refractivity contribution is 0.220. The summed E-state index contributed by atoms with van der Waals surface area (Å²) in [5, 5.41) is 0. The van der Waals surface area contributed by atoms with Gasteiger partial charge in [-0.2, -0.15) is 4.31 Å². The third kappa shape index (κ3) is 3.32. The number of sulfonamides is 1. The Morgan fingerprint density at radius 3 is 2.53 bits per heavy atom. The molecule has 0 aromatic heterocycles. The van der Waals surface area contributed by atoms with Crippen molar-refractivity contribution >= 4 is 37.6 Å². The van der Waals surface area contributed by atoms with E-state index in [0.717, 1.165) is 19.3 Å². The topological polar surface area (TPSA) is 37.4 Å². The van der Waals surface area contributed by atoms with Gasteiger partial charge in [-0.15, -0.1) is 11.6 Å². The molecule has 0 aliphatic heterocycles. The highest BCUT2D eigenvalue weighted by molar-refractivity contribution is 9.10. The van der Waals surface area contributed by atoms with Crippen LogP contribution in [0.5, 0.6) is 0 Å². The molecule has 1 saturated carbocycles. The molecule has 0 N–H and O–H groups in total. The average molecular weight is 367 g/mol. The molecule has 1 aromatic rings. The van der Waals surface area contributed by atoms with Gasteiger partial charge in [0.25, 0.3) is 0 Å². The molecule has 0 heterocycles. The number of halogens is 2. The maximum absolute atomic E-state index is 12.7. The number of rotatable bonds is 6. The second-order valence-electron chi connectivity index (χ2n) is 4.67. The highest BCUT2D eigenvalue weighted by atomic mass is 79.9. The van der Waals surface area contributed by atoms with Crippen molar-refractivity contribution in [2.75, 3.05) is 12.4 Å². The van der Waals surface area contributed by atoms with E-state index >= 15 is 0 Å². The molecule has 0 spiro atoms. The third-order valence-electron chi connectivity index (χ3n) is 3.42. The first-order valence-corrected chi connectivity index (χ1v) is 9.16. The second kappa shape index (κ2) is 6.57. The summed E-state index contributed by atoms with van der Waals surface area (Å²) in [7, 11) is -3.44. The maximum atomic E-state index is 12.7. The summed E-state index contributed by atoms with van der Waals surface area (Å²) in [6.45, 7) is 0.498. The van der Waals surface area contributed by atoms with Crippen LogP contribution in [0.25, 0.3) is 0 Å². The van der Waals surface area contributed by atoms with Gasteiger partial charge in [-0.3, -0.25) is 0 Å². The summed E-state index contributed by atoms with van der Waals surface area (Å²) in [5.41, 5.74) is 0. The number of alkyl halides is 1. The van der Waals surface area contributed by atoms with Crippen molar-refractivity contribution in [1.82, 2.24) is 4.31 Å². The highest BCUT2D eigenvalue weighted by Crippen LogP contribution is 2.32. The smallest absolute Gasteiger partial charge is 0.207 e. The zero-order valence-electron chi connectivity index (χ0n) is 10.6. The first-order chi connectivity index (χ1) is 9.07. The Balaban J connectivity index is 2.31. The Kier molecular flexibility index (Phi) is 5.29. The predicted molar refractivity (Wildman–Crippen MR) is 81.0 cm³/mol. The van der Waals surface area contributed by atoms with Gasteiger partial charge in [-0.25, -0.2) is 8.42 Å². The molecule has 1 aliphatic rings. The summed E-state index contributed by atoms with van der Waals surface area (Å²) in [6, 6.07) is 7.10. The maximum Gasteiger partial charge on any atom is 0.244 e. The van der Waals surface area contributed by atoms with E-state index in [4.69, 9.17) is 11.6 Å². The summed E-state index contributed by atoms with van der Waals surface area (Å²) in [6.07, 6.45) is 3.69. The van der Waals surface area contributed by atoms with E-state index in [0.29, 0.717) is 28.2 Å². The Bertz CT molecular complexity index is 531. The second-order valence-corrected chi connectivity index (χ2v) is 7.76. The number of benzene rings is 1. The quantitative estimate of drug-likeness (QED) is 0.721. The monoisotopic (exact) mass is 365 g/mol. The molecule has 3 nitrogen and oxygen atoms in total. The van der Waals surface area contributed by atoms with Crippen LogP contribution in [0.3, 0.4) is 0 Å². The van der Waals surface area contributed by atoms with Crippen LogP contribution < -0.4 is 0 Å². The molecule has 106 valence electrons. The van der Waals surface area contributed by atoms with E-state index in [1.165, 1.54) is 0 Å². The van der Waals surface area contributed by atoms with Crippen molar-refractivity contribution in [3.05, 3.63) is 28.7 Å². The van der Waals surface area contributed by atoms with Crippen LogP contribution in [0, 0.1) is 0 Å². The van der Waals surface area contributed by atoms with Crippen LogP contribution in [-0.4, -0.2) is 31.2 Å². The summed E-state index contributed by atoms with van der Waals surface area (Å²) < 4.78 is 27.7. The summed E-state index contributed by atoms with van der Waals surface area (Å²) in [4.78, 5) is 0.344. The Morgan fingerprint density at radius 1 is 1.32 bits per heavy atom. The zero-order chi connectivity index (χ0) is 13.9. The molecule has 1 aromatic carbocycles. The lowest BCUT2D eigenvalue weighted by Crippen LogP contribution is -2.44. The lowest BCUT2D eigenvalue weighted by Gasteiger charge is -2.36. The fourth-order valence-electron chi connectivity index (χ4n) is 2.17. The van der Waals surface area contributed by atoms with Gasteiger partial charge in [0.05, 0.1) is 4.90 Å². The van der Waals surface area contributed by atoms with E-state index in [2.05, 4.69) is 15.9 Å². The zero-order valence-corrected chi connectivity index (χ0v) is 13.7. The molecule has 0 bridgehead atoms.